The van der Waals surface area contributed by atoms with Crippen LogP contribution in [0.15, 0.2) is 41.4 Å². The molecule has 0 fully saturated rings. The van der Waals surface area contributed by atoms with Crippen LogP contribution in [0.25, 0.3) is 0 Å². The number of anilines is 1. The Morgan fingerprint density at radius 2 is 2.14 bits per heavy atom. The van der Waals surface area contributed by atoms with Crippen molar-refractivity contribution >= 4 is 35.1 Å². The number of amides is 1. The van der Waals surface area contributed by atoms with Gasteiger partial charge in [-0.05, 0) is 26.0 Å². The fourth-order valence-electron chi connectivity index (χ4n) is 1.85. The van der Waals surface area contributed by atoms with Crippen molar-refractivity contribution in [1.82, 2.24) is 9.78 Å². The van der Waals surface area contributed by atoms with Gasteiger partial charge in [0.2, 0.25) is 5.91 Å². The summed E-state index contributed by atoms with van der Waals surface area (Å²) in [6, 6.07) is 9.66. The Morgan fingerprint density at radius 3 is 2.86 bits per heavy atom. The van der Waals surface area contributed by atoms with Gasteiger partial charge in [0.25, 0.3) is 0 Å². The van der Waals surface area contributed by atoms with Crippen LogP contribution in [0.3, 0.4) is 0 Å². The van der Waals surface area contributed by atoms with Crippen LogP contribution in [0, 0.1) is 0 Å². The van der Waals surface area contributed by atoms with Gasteiger partial charge in [-0.25, -0.2) is 4.68 Å². The Labute approximate surface area is 133 Å². The molecular weight excluding hydrogens is 306 g/mol. The van der Waals surface area contributed by atoms with Crippen LogP contribution in [-0.2, 0) is 4.79 Å². The lowest BCUT2D eigenvalue weighted by Gasteiger charge is -2.11. The molecule has 4 nitrogen and oxygen atoms in total. The minimum atomic E-state index is -0.0167. The van der Waals surface area contributed by atoms with E-state index in [1.165, 1.54) is 0 Å². The molecule has 0 aliphatic heterocycles. The zero-order valence-corrected chi connectivity index (χ0v) is 13.6. The van der Waals surface area contributed by atoms with Crippen LogP contribution in [0.5, 0.6) is 0 Å². The Balaban J connectivity index is 1.83. The van der Waals surface area contributed by atoms with Gasteiger partial charge in [-0.15, -0.1) is 11.8 Å². The molecule has 1 aromatic carbocycles. The van der Waals surface area contributed by atoms with Gasteiger partial charge >= 0.3 is 0 Å². The molecule has 0 saturated heterocycles. The van der Waals surface area contributed by atoms with Crippen molar-refractivity contribution < 1.29 is 4.79 Å². The van der Waals surface area contributed by atoms with E-state index >= 15 is 0 Å². The normalized spacial score (nSPS) is 10.9. The molecule has 0 aliphatic carbocycles. The van der Waals surface area contributed by atoms with Gasteiger partial charge < -0.3 is 5.32 Å². The van der Waals surface area contributed by atoms with E-state index in [0.717, 1.165) is 15.7 Å². The Bertz CT molecular complexity index is 612. The number of carbonyl (C=O) groups excluding carboxylic acids is 1. The minimum absolute atomic E-state index is 0.0167. The number of nitrogens with one attached hydrogen (secondary N) is 1. The highest BCUT2D eigenvalue weighted by Crippen LogP contribution is 2.27. The molecular formula is C15H18ClN3OS. The zero-order chi connectivity index (χ0) is 15.2. The van der Waals surface area contributed by atoms with Crippen LogP contribution in [0.4, 0.5) is 5.82 Å². The van der Waals surface area contributed by atoms with E-state index in [0.29, 0.717) is 12.2 Å². The molecule has 0 saturated carbocycles. The minimum Gasteiger partial charge on any atom is -0.311 e. The first-order chi connectivity index (χ1) is 10.1. The van der Waals surface area contributed by atoms with E-state index in [1.54, 1.807) is 28.7 Å². The quantitative estimate of drug-likeness (QED) is 0.809. The molecule has 1 N–H and O–H groups in total. The highest BCUT2D eigenvalue weighted by molar-refractivity contribution is 7.99. The molecule has 112 valence electrons. The first kappa shape index (κ1) is 15.9. The number of aromatic nitrogens is 2. The molecule has 1 heterocycles. The number of benzene rings is 1. The molecule has 0 unspecified atom stereocenters. The molecule has 0 spiro atoms. The number of halogens is 1. The molecule has 1 aromatic heterocycles. The van der Waals surface area contributed by atoms with Crippen LogP contribution in [0.2, 0.25) is 5.02 Å². The van der Waals surface area contributed by atoms with Gasteiger partial charge in [-0.3, -0.25) is 4.79 Å². The average Bonchev–Trinajstić information content (AvgIpc) is 2.89. The van der Waals surface area contributed by atoms with Gasteiger partial charge in [-0.2, -0.15) is 5.10 Å². The van der Waals surface area contributed by atoms with E-state index in [2.05, 4.69) is 10.4 Å². The van der Waals surface area contributed by atoms with Crippen LogP contribution >= 0.6 is 23.4 Å². The standard InChI is InChI=1S/C15H18ClN3OS/c1-11(2)19-14(7-9-17-19)18-15(20)8-10-21-13-6-4-3-5-12(13)16/h3-7,9,11H,8,10H2,1-2H3,(H,18,20). The van der Waals surface area contributed by atoms with Crippen LogP contribution in [-0.4, -0.2) is 21.4 Å². The predicted octanol–water partition coefficient (Wildman–Crippen LogP) is 4.24. The monoisotopic (exact) mass is 323 g/mol. The number of rotatable bonds is 6. The average molecular weight is 324 g/mol. The second-order valence-corrected chi connectivity index (χ2v) is 6.38. The van der Waals surface area contributed by atoms with Crippen molar-refractivity contribution in [3.63, 3.8) is 0 Å². The summed E-state index contributed by atoms with van der Waals surface area (Å²) < 4.78 is 1.79. The van der Waals surface area contributed by atoms with Crippen molar-refractivity contribution in [2.24, 2.45) is 0 Å². The van der Waals surface area contributed by atoms with E-state index in [9.17, 15) is 4.79 Å². The van der Waals surface area contributed by atoms with E-state index in [4.69, 9.17) is 11.6 Å². The third-order valence-electron chi connectivity index (χ3n) is 2.85. The number of carbonyl (C=O) groups is 1. The third kappa shape index (κ3) is 4.51. The summed E-state index contributed by atoms with van der Waals surface area (Å²) in [5, 5.41) is 7.80. The maximum atomic E-state index is 12.0. The number of hydrogen-bond donors (Lipinski definition) is 1. The summed E-state index contributed by atoms with van der Waals surface area (Å²) >= 11 is 7.66. The SMILES string of the molecule is CC(C)n1nccc1NC(=O)CCSc1ccccc1Cl. The molecule has 21 heavy (non-hydrogen) atoms. The summed E-state index contributed by atoms with van der Waals surface area (Å²) in [6.07, 6.45) is 2.12. The van der Waals surface area contributed by atoms with E-state index in [1.807, 2.05) is 38.1 Å². The first-order valence-electron chi connectivity index (χ1n) is 6.78. The Hall–Kier alpha value is -1.46. The molecule has 6 heteroatoms. The van der Waals surface area contributed by atoms with Crippen LogP contribution in [0.1, 0.15) is 26.3 Å². The van der Waals surface area contributed by atoms with Crippen molar-refractivity contribution in [3.8, 4) is 0 Å². The number of nitrogens with zero attached hydrogens (tertiary/aromatic N) is 2. The third-order valence-corrected chi connectivity index (χ3v) is 4.37. The van der Waals surface area contributed by atoms with Crippen molar-refractivity contribution in [1.29, 1.82) is 0 Å². The summed E-state index contributed by atoms with van der Waals surface area (Å²) in [7, 11) is 0. The van der Waals surface area contributed by atoms with Gasteiger partial charge in [-0.1, -0.05) is 23.7 Å². The van der Waals surface area contributed by atoms with Gasteiger partial charge in [0, 0.05) is 29.2 Å². The number of thioether (sulfide) groups is 1. The first-order valence-corrected chi connectivity index (χ1v) is 8.15. The molecule has 0 aliphatic rings. The fraction of sp³-hybridized carbons (Fsp3) is 0.333. The van der Waals surface area contributed by atoms with Gasteiger partial charge in [0.1, 0.15) is 5.82 Å². The maximum absolute atomic E-state index is 12.0. The van der Waals surface area contributed by atoms with Crippen molar-refractivity contribution in [2.75, 3.05) is 11.1 Å². The summed E-state index contributed by atoms with van der Waals surface area (Å²) in [4.78, 5) is 13.0. The summed E-state index contributed by atoms with van der Waals surface area (Å²) in [5.74, 6) is 1.40. The second kappa shape index (κ2) is 7.52. The fourth-order valence-corrected chi connectivity index (χ4v) is 3.03. The Morgan fingerprint density at radius 1 is 1.38 bits per heavy atom. The lowest BCUT2D eigenvalue weighted by atomic mass is 10.4. The van der Waals surface area contributed by atoms with E-state index in [-0.39, 0.29) is 11.9 Å². The second-order valence-electron chi connectivity index (χ2n) is 4.83. The van der Waals surface area contributed by atoms with E-state index < -0.39 is 0 Å². The molecule has 0 radical (unpaired) electrons. The zero-order valence-electron chi connectivity index (χ0n) is 12.0. The molecule has 1 amide bonds. The summed E-state index contributed by atoms with van der Waals surface area (Å²) in [6.45, 7) is 4.05. The lowest BCUT2D eigenvalue weighted by molar-refractivity contribution is -0.115. The number of hydrogen-bond acceptors (Lipinski definition) is 3. The van der Waals surface area contributed by atoms with Gasteiger partial charge in [0.05, 0.1) is 11.2 Å². The van der Waals surface area contributed by atoms with Crippen LogP contribution < -0.4 is 5.32 Å². The lowest BCUT2D eigenvalue weighted by Crippen LogP contribution is -2.16. The molecule has 2 rings (SSSR count). The highest BCUT2D eigenvalue weighted by Gasteiger charge is 2.09. The topological polar surface area (TPSA) is 46.9 Å². The Kier molecular flexibility index (Phi) is 5.70. The largest absolute Gasteiger partial charge is 0.311 e. The molecule has 0 bridgehead atoms. The van der Waals surface area contributed by atoms with Crippen molar-refractivity contribution in [3.05, 3.63) is 41.6 Å². The predicted molar refractivity (Wildman–Crippen MR) is 88.0 cm³/mol. The maximum Gasteiger partial charge on any atom is 0.226 e. The molecule has 0 atom stereocenters. The smallest absolute Gasteiger partial charge is 0.226 e. The molecule has 2 aromatic rings. The van der Waals surface area contributed by atoms with Gasteiger partial charge in [0.15, 0.2) is 0 Å². The highest BCUT2D eigenvalue weighted by atomic mass is 35.5. The van der Waals surface area contributed by atoms with Crippen molar-refractivity contribution in [2.45, 2.75) is 31.2 Å². The summed E-state index contributed by atoms with van der Waals surface area (Å²) in [5.41, 5.74) is 0.